The smallest absolute Gasteiger partial charge is 0.423 e. The summed E-state index contributed by atoms with van der Waals surface area (Å²) in [5.74, 6) is 0.693. The molecule has 0 radical (unpaired) electrons. The molecular weight excluding hydrogens is 372 g/mol. The number of nitrogens with zero attached hydrogens (tertiary/aromatic N) is 4. The van der Waals surface area contributed by atoms with Gasteiger partial charge in [0.15, 0.2) is 0 Å². The van der Waals surface area contributed by atoms with Gasteiger partial charge in [-0.25, -0.2) is 9.37 Å². The minimum absolute atomic E-state index is 0.287. The number of hydrogen-bond acceptors (Lipinski definition) is 6. The first kappa shape index (κ1) is 19.0. The summed E-state index contributed by atoms with van der Waals surface area (Å²) >= 11 is 0. The molecule has 0 fully saturated rings. The van der Waals surface area contributed by atoms with Crippen molar-refractivity contribution in [2.45, 2.75) is 20.4 Å². The number of hydrogen-bond donors (Lipinski definition) is 3. The minimum Gasteiger partial charge on any atom is -0.423 e. The lowest BCUT2D eigenvalue weighted by Crippen LogP contribution is -2.30. The number of benzene rings is 2. The third-order valence-corrected chi connectivity index (χ3v) is 4.84. The van der Waals surface area contributed by atoms with Gasteiger partial charge in [-0.2, -0.15) is 14.8 Å². The lowest BCUT2D eigenvalue weighted by molar-refractivity contribution is 0.426. The van der Waals surface area contributed by atoms with Crippen LogP contribution in [-0.4, -0.2) is 36.9 Å². The van der Waals surface area contributed by atoms with E-state index in [-0.39, 0.29) is 5.82 Å². The fourth-order valence-electron chi connectivity index (χ4n) is 3.17. The normalized spacial score (nSPS) is 11.1. The van der Waals surface area contributed by atoms with E-state index in [0.717, 1.165) is 16.8 Å². The van der Waals surface area contributed by atoms with Crippen LogP contribution in [0.3, 0.4) is 0 Å². The molecule has 9 heteroatoms. The number of fused-ring (bicyclic) bond motifs is 1. The molecular formula is C20H19BFN5O2. The van der Waals surface area contributed by atoms with Gasteiger partial charge in [0.05, 0.1) is 11.7 Å². The van der Waals surface area contributed by atoms with E-state index in [0.29, 0.717) is 34.7 Å². The van der Waals surface area contributed by atoms with Crippen molar-refractivity contribution in [3.05, 3.63) is 71.3 Å². The van der Waals surface area contributed by atoms with E-state index in [2.05, 4.69) is 20.4 Å². The minimum atomic E-state index is -1.60. The van der Waals surface area contributed by atoms with Crippen molar-refractivity contribution < 1.29 is 14.4 Å². The maximum atomic E-state index is 13.4. The second-order valence-electron chi connectivity index (χ2n) is 6.78. The second kappa shape index (κ2) is 7.61. The highest BCUT2D eigenvalue weighted by atomic mass is 19.1. The summed E-state index contributed by atoms with van der Waals surface area (Å²) in [6, 6.07) is 11.5. The molecule has 2 aromatic carbocycles. The molecule has 3 N–H and O–H groups in total. The van der Waals surface area contributed by atoms with Crippen LogP contribution in [0.2, 0.25) is 0 Å². The molecule has 29 heavy (non-hydrogen) atoms. The van der Waals surface area contributed by atoms with Crippen molar-refractivity contribution >= 4 is 29.3 Å². The van der Waals surface area contributed by atoms with Crippen LogP contribution in [-0.2, 0) is 6.54 Å². The summed E-state index contributed by atoms with van der Waals surface area (Å²) in [5, 5.41) is 27.3. The van der Waals surface area contributed by atoms with Crippen molar-refractivity contribution in [1.82, 2.24) is 19.7 Å². The highest BCUT2D eigenvalue weighted by Crippen LogP contribution is 2.20. The summed E-state index contributed by atoms with van der Waals surface area (Å²) in [7, 11) is -1.60. The number of anilines is 1. The third-order valence-electron chi connectivity index (χ3n) is 4.84. The van der Waals surface area contributed by atoms with Crippen LogP contribution in [0.15, 0.2) is 48.7 Å². The molecule has 0 aliphatic rings. The van der Waals surface area contributed by atoms with Crippen molar-refractivity contribution in [1.29, 1.82) is 0 Å². The molecule has 4 rings (SSSR count). The Morgan fingerprint density at radius 3 is 2.66 bits per heavy atom. The van der Waals surface area contributed by atoms with Crippen LogP contribution in [0, 0.1) is 19.7 Å². The van der Waals surface area contributed by atoms with Gasteiger partial charge in [-0.1, -0.05) is 24.3 Å². The lowest BCUT2D eigenvalue weighted by Gasteiger charge is -2.13. The topological polar surface area (TPSA) is 96.1 Å². The highest BCUT2D eigenvalue weighted by molar-refractivity contribution is 6.61. The molecule has 2 heterocycles. The Balaban J connectivity index is 1.72. The number of aryl methyl sites for hydroxylation is 1. The fourth-order valence-corrected chi connectivity index (χ4v) is 3.17. The van der Waals surface area contributed by atoms with E-state index in [1.807, 2.05) is 26.0 Å². The van der Waals surface area contributed by atoms with Crippen molar-refractivity contribution in [3.63, 3.8) is 0 Å². The van der Waals surface area contributed by atoms with Gasteiger partial charge >= 0.3 is 7.12 Å². The average Bonchev–Trinajstić information content (AvgIpc) is 3.13. The monoisotopic (exact) mass is 391 g/mol. The molecule has 2 aromatic heterocycles. The molecule has 7 nitrogen and oxygen atoms in total. The molecule has 0 bridgehead atoms. The van der Waals surface area contributed by atoms with Crippen LogP contribution in [0.5, 0.6) is 0 Å². The lowest BCUT2D eigenvalue weighted by atomic mass is 9.78. The Labute approximate surface area is 167 Å². The Morgan fingerprint density at radius 1 is 1.10 bits per heavy atom. The van der Waals surface area contributed by atoms with E-state index in [1.165, 1.54) is 12.1 Å². The Morgan fingerprint density at radius 2 is 1.90 bits per heavy atom. The Hall–Kier alpha value is -3.30. The van der Waals surface area contributed by atoms with E-state index >= 15 is 0 Å². The summed E-state index contributed by atoms with van der Waals surface area (Å²) in [6.07, 6.45) is 1.56. The fraction of sp³-hybridized carbons (Fsp3) is 0.150. The van der Waals surface area contributed by atoms with Gasteiger partial charge < -0.3 is 15.4 Å². The maximum Gasteiger partial charge on any atom is 0.489 e. The molecule has 0 aliphatic heterocycles. The van der Waals surface area contributed by atoms with E-state index < -0.39 is 7.12 Å². The SMILES string of the molecule is Cc1nc(-n2ncc3c(B(O)O)cccc32)nc(NCc2cccc(F)c2)c1C. The van der Waals surface area contributed by atoms with Gasteiger partial charge in [-0.3, -0.25) is 0 Å². The van der Waals surface area contributed by atoms with Gasteiger partial charge in [0, 0.05) is 23.2 Å². The summed E-state index contributed by atoms with van der Waals surface area (Å²) in [4.78, 5) is 9.13. The molecule has 0 saturated carbocycles. The first-order valence-corrected chi connectivity index (χ1v) is 9.11. The molecule has 0 unspecified atom stereocenters. The quantitative estimate of drug-likeness (QED) is 0.450. The van der Waals surface area contributed by atoms with Gasteiger partial charge in [0.2, 0.25) is 0 Å². The Bertz CT molecular complexity index is 1190. The van der Waals surface area contributed by atoms with Gasteiger partial charge in [-0.15, -0.1) is 0 Å². The van der Waals surface area contributed by atoms with Crippen LogP contribution in [0.4, 0.5) is 10.2 Å². The van der Waals surface area contributed by atoms with Crippen molar-refractivity contribution in [3.8, 4) is 5.95 Å². The van der Waals surface area contributed by atoms with Crippen LogP contribution in [0.1, 0.15) is 16.8 Å². The standard InChI is InChI=1S/C20H19BFN5O2/c1-12-13(2)25-20(26-19(12)23-10-14-5-3-6-15(22)9-14)27-18-8-4-7-17(21(28)29)16(18)11-24-27/h3-9,11,28-29H,10H2,1-2H3,(H,23,25,26). The molecule has 0 spiro atoms. The van der Waals surface area contributed by atoms with Crippen LogP contribution < -0.4 is 10.8 Å². The molecule has 0 atom stereocenters. The van der Waals surface area contributed by atoms with E-state index in [4.69, 9.17) is 0 Å². The number of rotatable bonds is 5. The molecule has 146 valence electrons. The van der Waals surface area contributed by atoms with E-state index in [1.54, 1.807) is 29.1 Å². The second-order valence-corrected chi connectivity index (χ2v) is 6.78. The molecule has 0 saturated heterocycles. The van der Waals surface area contributed by atoms with Crippen LogP contribution >= 0.6 is 0 Å². The molecule has 0 aliphatic carbocycles. The maximum absolute atomic E-state index is 13.4. The van der Waals surface area contributed by atoms with Gasteiger partial charge in [0.25, 0.3) is 5.95 Å². The third kappa shape index (κ3) is 3.70. The number of nitrogens with one attached hydrogen (secondary N) is 1. The zero-order chi connectivity index (χ0) is 20.5. The molecule has 4 aromatic rings. The van der Waals surface area contributed by atoms with Crippen molar-refractivity contribution in [2.24, 2.45) is 0 Å². The van der Waals surface area contributed by atoms with Crippen LogP contribution in [0.25, 0.3) is 16.9 Å². The number of aromatic nitrogens is 4. The predicted molar refractivity (Wildman–Crippen MR) is 110 cm³/mol. The Kier molecular flexibility index (Phi) is 5.00. The first-order valence-electron chi connectivity index (χ1n) is 9.11. The highest BCUT2D eigenvalue weighted by Gasteiger charge is 2.19. The van der Waals surface area contributed by atoms with E-state index in [9.17, 15) is 14.4 Å². The predicted octanol–water partition coefficient (Wildman–Crippen LogP) is 1.86. The zero-order valence-corrected chi connectivity index (χ0v) is 16.0. The zero-order valence-electron chi connectivity index (χ0n) is 16.0. The van der Waals surface area contributed by atoms with Gasteiger partial charge in [-0.05, 0) is 43.1 Å². The largest absolute Gasteiger partial charge is 0.489 e. The summed E-state index contributed by atoms with van der Waals surface area (Å²) in [6.45, 7) is 4.20. The van der Waals surface area contributed by atoms with Crippen molar-refractivity contribution in [2.75, 3.05) is 5.32 Å². The van der Waals surface area contributed by atoms with Gasteiger partial charge in [0.1, 0.15) is 11.6 Å². The summed E-state index contributed by atoms with van der Waals surface area (Å²) in [5.41, 5.74) is 3.48. The summed E-state index contributed by atoms with van der Waals surface area (Å²) < 4.78 is 15.0. The molecule has 0 amide bonds. The average molecular weight is 391 g/mol. The number of halogens is 1. The first-order chi connectivity index (χ1) is 13.9.